The molecule has 2 aromatic carbocycles. The summed E-state index contributed by atoms with van der Waals surface area (Å²) in [7, 11) is 1.85. The molecule has 32 heavy (non-hydrogen) atoms. The Morgan fingerprint density at radius 3 is 2.38 bits per heavy atom. The van der Waals surface area contributed by atoms with Gasteiger partial charge in [-0.2, -0.15) is 0 Å². The van der Waals surface area contributed by atoms with Crippen molar-refractivity contribution in [2.45, 2.75) is 44.9 Å². The van der Waals surface area contributed by atoms with Gasteiger partial charge in [0.2, 0.25) is 0 Å². The van der Waals surface area contributed by atoms with Gasteiger partial charge in [-0.25, -0.2) is 0 Å². The third kappa shape index (κ3) is 6.72. The van der Waals surface area contributed by atoms with Crippen molar-refractivity contribution >= 4 is 35.6 Å². The highest BCUT2D eigenvalue weighted by atomic mass is 127. The molecule has 5 nitrogen and oxygen atoms in total. The first-order chi connectivity index (χ1) is 15.2. The minimum absolute atomic E-state index is 0. The van der Waals surface area contributed by atoms with E-state index in [1.807, 2.05) is 7.05 Å². The highest BCUT2D eigenvalue weighted by molar-refractivity contribution is 14.0. The average Bonchev–Trinajstić information content (AvgIpc) is 3.34. The third-order valence-corrected chi connectivity index (χ3v) is 6.39. The Balaban J connectivity index is 0.00000289. The van der Waals surface area contributed by atoms with Crippen LogP contribution in [0.25, 0.3) is 0 Å². The third-order valence-electron chi connectivity index (χ3n) is 6.39. The number of aliphatic imine (C=N–C) groups is 1. The van der Waals surface area contributed by atoms with Gasteiger partial charge in [-0.15, -0.1) is 24.0 Å². The lowest BCUT2D eigenvalue weighted by Crippen LogP contribution is -2.51. The molecule has 4 rings (SSSR count). The summed E-state index contributed by atoms with van der Waals surface area (Å²) >= 11 is 0. The smallest absolute Gasteiger partial charge is 0.191 e. The van der Waals surface area contributed by atoms with Gasteiger partial charge in [-0.05, 0) is 43.0 Å². The summed E-state index contributed by atoms with van der Waals surface area (Å²) < 4.78 is 0. The van der Waals surface area contributed by atoms with Gasteiger partial charge in [0.1, 0.15) is 0 Å². The van der Waals surface area contributed by atoms with Crippen LogP contribution in [-0.4, -0.2) is 49.6 Å². The van der Waals surface area contributed by atoms with Crippen molar-refractivity contribution in [2.24, 2.45) is 4.99 Å². The first-order valence-corrected chi connectivity index (χ1v) is 11.5. The number of nitrogens with zero attached hydrogens (tertiary/aromatic N) is 3. The van der Waals surface area contributed by atoms with Gasteiger partial charge in [0, 0.05) is 57.5 Å². The van der Waals surface area contributed by atoms with E-state index in [9.17, 15) is 0 Å². The Kier molecular flexibility index (Phi) is 9.41. The van der Waals surface area contributed by atoms with E-state index < -0.39 is 0 Å². The molecule has 0 aliphatic carbocycles. The summed E-state index contributed by atoms with van der Waals surface area (Å²) in [5, 5.41) is 7.13. The molecule has 0 bridgehead atoms. The van der Waals surface area contributed by atoms with Crippen LogP contribution >= 0.6 is 24.0 Å². The first kappa shape index (κ1) is 24.6. The molecule has 172 valence electrons. The Hall–Kier alpha value is -2.06. The number of hydrogen-bond donors (Lipinski definition) is 2. The number of piperidine rings is 1. The van der Waals surface area contributed by atoms with Gasteiger partial charge < -0.3 is 15.5 Å². The number of hydrogen-bond acceptors (Lipinski definition) is 3. The Bertz CT molecular complexity index is 873. The fourth-order valence-corrected chi connectivity index (χ4v) is 4.49. The second-order valence-electron chi connectivity index (χ2n) is 8.64. The molecule has 2 heterocycles. The molecule has 2 N–H and O–H groups in total. The molecule has 6 heteroatoms. The van der Waals surface area contributed by atoms with Crippen molar-refractivity contribution < 1.29 is 0 Å². The van der Waals surface area contributed by atoms with E-state index >= 15 is 0 Å². The fraction of sp³-hybridized carbons (Fsp3) is 0.423. The number of rotatable bonds is 6. The molecular weight excluding hydrogens is 509 g/mol. The normalized spacial score (nSPS) is 21.3. The number of benzene rings is 2. The number of halogens is 1. The highest BCUT2D eigenvalue weighted by Crippen LogP contribution is 2.20. The lowest BCUT2D eigenvalue weighted by Gasteiger charge is -2.38. The van der Waals surface area contributed by atoms with E-state index in [1.54, 1.807) is 0 Å². The zero-order chi connectivity index (χ0) is 21.5. The van der Waals surface area contributed by atoms with Crippen LogP contribution in [0.15, 0.2) is 71.7 Å². The largest absolute Gasteiger partial charge is 0.364 e. The Morgan fingerprint density at radius 2 is 1.72 bits per heavy atom. The summed E-state index contributed by atoms with van der Waals surface area (Å²) in [6, 6.07) is 20.6. The van der Waals surface area contributed by atoms with Crippen molar-refractivity contribution in [1.29, 1.82) is 0 Å². The topological polar surface area (TPSA) is 42.9 Å². The molecule has 1 fully saturated rings. The Morgan fingerprint density at radius 1 is 1.00 bits per heavy atom. The maximum atomic E-state index is 4.45. The summed E-state index contributed by atoms with van der Waals surface area (Å²) in [5.41, 5.74) is 3.95. The molecule has 0 radical (unpaired) electrons. The minimum atomic E-state index is 0. The second kappa shape index (κ2) is 12.3. The van der Waals surface area contributed by atoms with Gasteiger partial charge in [0.15, 0.2) is 5.96 Å². The van der Waals surface area contributed by atoms with Crippen LogP contribution in [0, 0.1) is 0 Å². The molecule has 1 saturated heterocycles. The number of likely N-dealkylation sites (tertiary alicyclic amines) is 1. The van der Waals surface area contributed by atoms with E-state index in [0.717, 1.165) is 51.5 Å². The van der Waals surface area contributed by atoms with Gasteiger partial charge >= 0.3 is 0 Å². The van der Waals surface area contributed by atoms with Gasteiger partial charge in [0.25, 0.3) is 0 Å². The van der Waals surface area contributed by atoms with E-state index in [-0.39, 0.29) is 24.0 Å². The molecule has 0 saturated carbocycles. The molecule has 0 amide bonds. The first-order valence-electron chi connectivity index (χ1n) is 11.5. The van der Waals surface area contributed by atoms with E-state index in [1.165, 1.54) is 16.8 Å². The maximum Gasteiger partial charge on any atom is 0.191 e. The zero-order valence-electron chi connectivity index (χ0n) is 19.2. The summed E-state index contributed by atoms with van der Waals surface area (Å²) in [4.78, 5) is 9.40. The van der Waals surface area contributed by atoms with Crippen LogP contribution in [0.5, 0.6) is 0 Å². The van der Waals surface area contributed by atoms with Crippen LogP contribution < -0.4 is 15.5 Å². The highest BCUT2D eigenvalue weighted by Gasteiger charge is 2.25. The number of anilines is 1. The molecule has 2 aliphatic heterocycles. The Labute approximate surface area is 210 Å². The van der Waals surface area contributed by atoms with Crippen LogP contribution in [0.1, 0.15) is 30.9 Å². The molecule has 2 unspecified atom stereocenters. The lowest BCUT2D eigenvalue weighted by molar-refractivity contribution is 0.134. The van der Waals surface area contributed by atoms with Gasteiger partial charge in [-0.1, -0.05) is 54.6 Å². The van der Waals surface area contributed by atoms with Crippen LogP contribution in [-0.2, 0) is 13.1 Å². The molecule has 2 aromatic rings. The van der Waals surface area contributed by atoms with Crippen LogP contribution in [0.3, 0.4) is 0 Å². The number of guanidine groups is 1. The fourth-order valence-electron chi connectivity index (χ4n) is 4.49. The number of nitrogens with one attached hydrogen (secondary N) is 2. The molecule has 2 atom stereocenters. The van der Waals surface area contributed by atoms with E-state index in [4.69, 9.17) is 0 Å². The summed E-state index contributed by atoms with van der Waals surface area (Å²) in [5.74, 6) is 0.890. The minimum Gasteiger partial charge on any atom is -0.364 e. The summed E-state index contributed by atoms with van der Waals surface area (Å²) in [6.07, 6.45) is 6.71. The second-order valence-corrected chi connectivity index (χ2v) is 8.64. The van der Waals surface area contributed by atoms with E-state index in [0.29, 0.717) is 12.1 Å². The molecule has 0 spiro atoms. The predicted molar refractivity (Wildman–Crippen MR) is 146 cm³/mol. The van der Waals surface area contributed by atoms with E-state index in [2.05, 4.69) is 99.1 Å². The van der Waals surface area contributed by atoms with Crippen molar-refractivity contribution in [3.8, 4) is 0 Å². The zero-order valence-corrected chi connectivity index (χ0v) is 21.5. The predicted octanol–water partition coefficient (Wildman–Crippen LogP) is 4.40. The average molecular weight is 546 g/mol. The summed E-state index contributed by atoms with van der Waals surface area (Å²) in [6.45, 7) is 7.28. The van der Waals surface area contributed by atoms with Gasteiger partial charge in [-0.3, -0.25) is 9.89 Å². The monoisotopic (exact) mass is 545 g/mol. The van der Waals surface area contributed by atoms with Crippen molar-refractivity contribution in [1.82, 2.24) is 15.5 Å². The molecule has 2 aliphatic rings. The van der Waals surface area contributed by atoms with Crippen molar-refractivity contribution in [3.63, 3.8) is 0 Å². The van der Waals surface area contributed by atoms with Gasteiger partial charge in [0.05, 0.1) is 0 Å². The van der Waals surface area contributed by atoms with Crippen LogP contribution in [0.2, 0.25) is 0 Å². The van der Waals surface area contributed by atoms with Crippen molar-refractivity contribution in [2.75, 3.05) is 31.6 Å². The van der Waals surface area contributed by atoms with Crippen molar-refractivity contribution in [3.05, 3.63) is 77.9 Å². The molecule has 0 aromatic heterocycles. The SMILES string of the molecule is CN=C(NCc1ccc(N2CC=CC2)cc1)NC1CCN(Cc2ccccc2)C(C)C1.I. The lowest BCUT2D eigenvalue weighted by atomic mass is 9.97. The molecular formula is C26H36IN5. The van der Waals surface area contributed by atoms with Crippen LogP contribution in [0.4, 0.5) is 5.69 Å². The standard InChI is InChI=1S/C26H35N5.HI/c1-21-18-24(14-17-31(21)20-23-8-4-3-5-9-23)29-26(27-2)28-19-22-10-12-25(13-11-22)30-15-6-7-16-30;/h3-13,21,24H,14-20H2,1-2H3,(H2,27,28,29);1H. The quantitative estimate of drug-likeness (QED) is 0.245. The maximum absolute atomic E-state index is 4.45.